The van der Waals surface area contributed by atoms with Crippen LogP contribution in [0, 0.1) is 0 Å². The number of amides is 1. The van der Waals surface area contributed by atoms with Crippen LogP contribution in [-0.4, -0.2) is 45.8 Å². The summed E-state index contributed by atoms with van der Waals surface area (Å²) in [6, 6.07) is 10.9. The van der Waals surface area contributed by atoms with Gasteiger partial charge in [0.25, 0.3) is 5.91 Å². The number of hydrogen-bond acceptors (Lipinski definition) is 7. The minimum absolute atomic E-state index is 0.154. The van der Waals surface area contributed by atoms with Crippen molar-refractivity contribution in [2.24, 2.45) is 0 Å². The molecule has 0 saturated heterocycles. The highest BCUT2D eigenvalue weighted by atomic mass is 16.5. The van der Waals surface area contributed by atoms with Crippen molar-refractivity contribution < 1.29 is 33.3 Å². The molecule has 0 aliphatic heterocycles. The lowest BCUT2D eigenvalue weighted by molar-refractivity contribution is -0.119. The van der Waals surface area contributed by atoms with Crippen LogP contribution in [0.15, 0.2) is 42.5 Å². The first-order valence-corrected chi connectivity index (χ1v) is 7.86. The SMILES string of the molecule is COC(=O)c1ccccc1NC(=O)COC(=O)c1ccc(OC)cc1OC. The van der Waals surface area contributed by atoms with Crippen molar-refractivity contribution in [2.75, 3.05) is 33.3 Å². The van der Waals surface area contributed by atoms with Gasteiger partial charge in [-0.25, -0.2) is 9.59 Å². The lowest BCUT2D eigenvalue weighted by atomic mass is 10.2. The summed E-state index contributed by atoms with van der Waals surface area (Å²) < 4.78 is 19.9. The Hall–Kier alpha value is -3.55. The van der Waals surface area contributed by atoms with Crippen molar-refractivity contribution in [2.45, 2.75) is 0 Å². The van der Waals surface area contributed by atoms with Gasteiger partial charge in [-0.3, -0.25) is 4.79 Å². The molecule has 0 aromatic heterocycles. The molecule has 8 nitrogen and oxygen atoms in total. The average Bonchev–Trinajstić information content (AvgIpc) is 2.71. The molecule has 2 aromatic rings. The summed E-state index contributed by atoms with van der Waals surface area (Å²) in [6.45, 7) is -0.538. The molecule has 2 aromatic carbocycles. The van der Waals surface area contributed by atoms with Gasteiger partial charge in [-0.2, -0.15) is 0 Å². The maximum atomic E-state index is 12.2. The fourth-order valence-corrected chi connectivity index (χ4v) is 2.24. The van der Waals surface area contributed by atoms with Gasteiger partial charge in [-0.05, 0) is 24.3 Å². The smallest absolute Gasteiger partial charge is 0.342 e. The number of methoxy groups -OCH3 is 3. The monoisotopic (exact) mass is 373 g/mol. The molecular weight excluding hydrogens is 354 g/mol. The Kier molecular flexibility index (Phi) is 6.76. The molecule has 0 aliphatic rings. The molecule has 0 aliphatic carbocycles. The van der Waals surface area contributed by atoms with Gasteiger partial charge in [0.1, 0.15) is 17.1 Å². The molecule has 1 N–H and O–H groups in total. The summed E-state index contributed by atoms with van der Waals surface area (Å²) in [5, 5.41) is 2.51. The molecule has 0 heterocycles. The van der Waals surface area contributed by atoms with E-state index in [9.17, 15) is 14.4 Å². The predicted octanol–water partition coefficient (Wildman–Crippen LogP) is 2.29. The number of rotatable bonds is 7. The second-order valence-corrected chi connectivity index (χ2v) is 5.23. The highest BCUT2D eigenvalue weighted by molar-refractivity contribution is 6.02. The predicted molar refractivity (Wildman–Crippen MR) is 96.2 cm³/mol. The third-order valence-electron chi connectivity index (χ3n) is 3.57. The maximum absolute atomic E-state index is 12.2. The Bertz CT molecular complexity index is 848. The molecule has 0 saturated carbocycles. The van der Waals surface area contributed by atoms with Gasteiger partial charge >= 0.3 is 11.9 Å². The van der Waals surface area contributed by atoms with Crippen LogP contribution in [0.5, 0.6) is 11.5 Å². The first-order chi connectivity index (χ1) is 13.0. The molecule has 27 heavy (non-hydrogen) atoms. The van der Waals surface area contributed by atoms with Crippen molar-refractivity contribution in [3.8, 4) is 11.5 Å². The summed E-state index contributed by atoms with van der Waals surface area (Å²) in [7, 11) is 4.14. The van der Waals surface area contributed by atoms with E-state index in [0.29, 0.717) is 5.75 Å². The van der Waals surface area contributed by atoms with Crippen LogP contribution >= 0.6 is 0 Å². The van der Waals surface area contributed by atoms with Crippen LogP contribution in [0.4, 0.5) is 5.69 Å². The number of para-hydroxylation sites is 1. The first kappa shape index (κ1) is 19.8. The van der Waals surface area contributed by atoms with E-state index in [-0.39, 0.29) is 22.6 Å². The number of carbonyl (C=O) groups is 3. The largest absolute Gasteiger partial charge is 0.497 e. The zero-order chi connectivity index (χ0) is 19.8. The van der Waals surface area contributed by atoms with E-state index in [0.717, 1.165) is 0 Å². The zero-order valence-electron chi connectivity index (χ0n) is 15.1. The highest BCUT2D eigenvalue weighted by Crippen LogP contribution is 2.25. The van der Waals surface area contributed by atoms with Crippen molar-refractivity contribution in [1.29, 1.82) is 0 Å². The lowest BCUT2D eigenvalue weighted by Gasteiger charge is -2.11. The van der Waals surface area contributed by atoms with Gasteiger partial charge in [0.05, 0.1) is 32.6 Å². The molecule has 0 unspecified atom stereocenters. The Balaban J connectivity index is 2.02. The third kappa shape index (κ3) is 4.97. The number of ether oxygens (including phenoxy) is 4. The highest BCUT2D eigenvalue weighted by Gasteiger charge is 2.18. The van der Waals surface area contributed by atoms with Crippen LogP contribution in [0.25, 0.3) is 0 Å². The number of esters is 2. The van der Waals surface area contributed by atoms with Crippen molar-refractivity contribution in [3.63, 3.8) is 0 Å². The van der Waals surface area contributed by atoms with E-state index in [1.807, 2.05) is 0 Å². The fourth-order valence-electron chi connectivity index (χ4n) is 2.24. The molecule has 0 spiro atoms. The summed E-state index contributed by atoms with van der Waals surface area (Å²) in [5.74, 6) is -1.15. The molecule has 0 atom stereocenters. The number of anilines is 1. The van der Waals surface area contributed by atoms with E-state index < -0.39 is 24.5 Å². The molecule has 8 heteroatoms. The van der Waals surface area contributed by atoms with E-state index in [1.54, 1.807) is 24.3 Å². The van der Waals surface area contributed by atoms with E-state index in [2.05, 4.69) is 10.1 Å². The fraction of sp³-hybridized carbons (Fsp3) is 0.211. The Morgan fingerprint density at radius 2 is 1.63 bits per heavy atom. The van der Waals surface area contributed by atoms with Crippen molar-refractivity contribution >= 4 is 23.5 Å². The average molecular weight is 373 g/mol. The van der Waals surface area contributed by atoms with Crippen LogP contribution in [0.2, 0.25) is 0 Å². The third-order valence-corrected chi connectivity index (χ3v) is 3.57. The van der Waals surface area contributed by atoms with E-state index in [4.69, 9.17) is 14.2 Å². The summed E-state index contributed by atoms with van der Waals surface area (Å²) in [6.07, 6.45) is 0. The van der Waals surface area contributed by atoms with Crippen LogP contribution < -0.4 is 14.8 Å². The van der Waals surface area contributed by atoms with Crippen LogP contribution in [0.3, 0.4) is 0 Å². The van der Waals surface area contributed by atoms with Gasteiger partial charge in [0.2, 0.25) is 0 Å². The Morgan fingerprint density at radius 3 is 2.30 bits per heavy atom. The minimum Gasteiger partial charge on any atom is -0.497 e. The topological polar surface area (TPSA) is 100 Å². The number of benzene rings is 2. The summed E-state index contributed by atoms with van der Waals surface area (Å²) in [5.41, 5.74) is 0.602. The zero-order valence-corrected chi connectivity index (χ0v) is 15.1. The standard InChI is InChI=1S/C19H19NO7/c1-24-12-8-9-14(16(10-12)25-2)19(23)27-11-17(21)20-15-7-5-4-6-13(15)18(22)26-3/h4-10H,11H2,1-3H3,(H,20,21). The second-order valence-electron chi connectivity index (χ2n) is 5.23. The maximum Gasteiger partial charge on any atom is 0.342 e. The Morgan fingerprint density at radius 1 is 0.889 bits per heavy atom. The van der Waals surface area contributed by atoms with Gasteiger partial charge < -0.3 is 24.3 Å². The quantitative estimate of drug-likeness (QED) is 0.743. The van der Waals surface area contributed by atoms with E-state index >= 15 is 0 Å². The minimum atomic E-state index is -0.731. The van der Waals surface area contributed by atoms with Gasteiger partial charge in [0, 0.05) is 6.07 Å². The van der Waals surface area contributed by atoms with Gasteiger partial charge in [0.15, 0.2) is 6.61 Å². The normalized spacial score (nSPS) is 9.89. The lowest BCUT2D eigenvalue weighted by Crippen LogP contribution is -2.22. The Labute approximate surface area is 156 Å². The summed E-state index contributed by atoms with van der Waals surface area (Å²) >= 11 is 0. The molecular formula is C19H19NO7. The molecule has 1 amide bonds. The number of hydrogen-bond donors (Lipinski definition) is 1. The van der Waals surface area contributed by atoms with Gasteiger partial charge in [-0.1, -0.05) is 12.1 Å². The van der Waals surface area contributed by atoms with E-state index in [1.165, 1.54) is 39.5 Å². The summed E-state index contributed by atoms with van der Waals surface area (Å²) in [4.78, 5) is 36.0. The number of nitrogens with one attached hydrogen (secondary N) is 1. The van der Waals surface area contributed by atoms with Crippen molar-refractivity contribution in [3.05, 3.63) is 53.6 Å². The molecule has 0 fully saturated rings. The van der Waals surface area contributed by atoms with Crippen LogP contribution in [0.1, 0.15) is 20.7 Å². The second kappa shape index (κ2) is 9.23. The first-order valence-electron chi connectivity index (χ1n) is 7.86. The molecule has 0 radical (unpaired) electrons. The molecule has 142 valence electrons. The number of carbonyl (C=O) groups excluding carboxylic acids is 3. The van der Waals surface area contributed by atoms with Crippen LogP contribution in [-0.2, 0) is 14.3 Å². The molecule has 2 rings (SSSR count). The molecule has 0 bridgehead atoms. The van der Waals surface area contributed by atoms with Crippen molar-refractivity contribution in [1.82, 2.24) is 0 Å². The van der Waals surface area contributed by atoms with Gasteiger partial charge in [-0.15, -0.1) is 0 Å².